The zero-order valence-electron chi connectivity index (χ0n) is 21.7. The van der Waals surface area contributed by atoms with Gasteiger partial charge in [-0.1, -0.05) is 24.8 Å². The summed E-state index contributed by atoms with van der Waals surface area (Å²) in [6.07, 6.45) is 4.66. The van der Waals surface area contributed by atoms with Gasteiger partial charge >= 0.3 is 0 Å². The van der Waals surface area contributed by atoms with Crippen molar-refractivity contribution in [1.82, 2.24) is 14.9 Å². The van der Waals surface area contributed by atoms with Crippen molar-refractivity contribution in [3.8, 4) is 34.2 Å². The van der Waals surface area contributed by atoms with Crippen LogP contribution in [-0.4, -0.2) is 34.5 Å². The first-order chi connectivity index (χ1) is 18.9. The Labute approximate surface area is 225 Å². The molecule has 2 amide bonds. The molecule has 9 nitrogen and oxygen atoms in total. The summed E-state index contributed by atoms with van der Waals surface area (Å²) < 4.78 is 7.69. The Morgan fingerprint density at radius 1 is 1.23 bits per heavy atom. The Morgan fingerprint density at radius 2 is 1.95 bits per heavy atom. The number of nitrogen functional groups attached to an aromatic ring is 1. The fourth-order valence-corrected chi connectivity index (χ4v) is 4.82. The van der Waals surface area contributed by atoms with Gasteiger partial charge in [-0.05, 0) is 61.2 Å². The highest BCUT2D eigenvalue weighted by Crippen LogP contribution is 2.45. The third-order valence-corrected chi connectivity index (χ3v) is 6.80. The van der Waals surface area contributed by atoms with Gasteiger partial charge in [0.15, 0.2) is 0 Å². The highest BCUT2D eigenvalue weighted by molar-refractivity contribution is 6.11. The molecular formula is C30H28N6O3. The lowest BCUT2D eigenvalue weighted by molar-refractivity contribution is -0.111. The molecule has 0 aliphatic heterocycles. The molecule has 2 heterocycles. The molecule has 1 fully saturated rings. The molecule has 1 aliphatic rings. The maximum atomic E-state index is 12.8. The minimum Gasteiger partial charge on any atom is -0.496 e. The van der Waals surface area contributed by atoms with Crippen molar-refractivity contribution >= 4 is 34.2 Å². The topological polar surface area (TPSA) is 135 Å². The van der Waals surface area contributed by atoms with Crippen LogP contribution in [0.4, 0.5) is 11.5 Å². The van der Waals surface area contributed by atoms with Crippen LogP contribution >= 0.6 is 0 Å². The van der Waals surface area contributed by atoms with Crippen molar-refractivity contribution in [3.05, 3.63) is 72.4 Å². The highest BCUT2D eigenvalue weighted by atomic mass is 16.5. The second kappa shape index (κ2) is 10.3. The number of fused-ring (bicyclic) bond motifs is 1. The normalized spacial score (nSPS) is 12.5. The van der Waals surface area contributed by atoms with E-state index in [-0.39, 0.29) is 23.7 Å². The summed E-state index contributed by atoms with van der Waals surface area (Å²) in [6, 6.07) is 15.3. The van der Waals surface area contributed by atoms with E-state index in [2.05, 4.69) is 28.3 Å². The first-order valence-electron chi connectivity index (χ1n) is 12.6. The zero-order chi connectivity index (χ0) is 27.7. The molecule has 2 aromatic heterocycles. The van der Waals surface area contributed by atoms with E-state index < -0.39 is 0 Å². The zero-order valence-corrected chi connectivity index (χ0v) is 21.7. The van der Waals surface area contributed by atoms with Crippen LogP contribution in [0, 0.1) is 11.3 Å². The Morgan fingerprint density at radius 3 is 2.56 bits per heavy atom. The first kappa shape index (κ1) is 25.5. The van der Waals surface area contributed by atoms with E-state index in [9.17, 15) is 14.9 Å². The summed E-state index contributed by atoms with van der Waals surface area (Å²) >= 11 is 0. The number of carbonyl (C=O) groups excluding carboxylic acids is 2. The molecule has 0 radical (unpaired) electrons. The van der Waals surface area contributed by atoms with Crippen LogP contribution < -0.4 is 21.1 Å². The van der Waals surface area contributed by atoms with Crippen LogP contribution in [-0.2, 0) is 11.3 Å². The maximum Gasteiger partial charge on any atom is 0.255 e. The summed E-state index contributed by atoms with van der Waals surface area (Å²) in [5.74, 6) is 0.236. The summed E-state index contributed by atoms with van der Waals surface area (Å²) in [5, 5.41) is 16.3. The van der Waals surface area contributed by atoms with Crippen molar-refractivity contribution in [3.63, 3.8) is 0 Å². The third-order valence-electron chi connectivity index (χ3n) is 6.80. The lowest BCUT2D eigenvalue weighted by atomic mass is 9.96. The Kier molecular flexibility index (Phi) is 6.77. The van der Waals surface area contributed by atoms with Gasteiger partial charge in [0.25, 0.3) is 5.91 Å². The van der Waals surface area contributed by atoms with Crippen molar-refractivity contribution in [1.29, 1.82) is 5.26 Å². The summed E-state index contributed by atoms with van der Waals surface area (Å²) in [4.78, 5) is 28.9. The number of nitriles is 1. The van der Waals surface area contributed by atoms with Gasteiger partial charge in [0.1, 0.15) is 17.6 Å². The molecule has 9 heteroatoms. The predicted octanol–water partition coefficient (Wildman–Crippen LogP) is 4.87. The minimum atomic E-state index is -0.304. The largest absolute Gasteiger partial charge is 0.496 e. The lowest BCUT2D eigenvalue weighted by Gasteiger charge is -2.14. The molecule has 4 aromatic rings. The summed E-state index contributed by atoms with van der Waals surface area (Å²) in [5.41, 5.74) is 11.8. The molecule has 39 heavy (non-hydrogen) atoms. The van der Waals surface area contributed by atoms with Gasteiger partial charge in [-0.3, -0.25) is 9.59 Å². The molecule has 0 saturated heterocycles. The van der Waals surface area contributed by atoms with Gasteiger partial charge in [0, 0.05) is 30.0 Å². The summed E-state index contributed by atoms with van der Waals surface area (Å²) in [6.45, 7) is 6.04. The van der Waals surface area contributed by atoms with E-state index in [0.717, 1.165) is 35.2 Å². The first-order valence-corrected chi connectivity index (χ1v) is 12.6. The van der Waals surface area contributed by atoms with E-state index in [1.54, 1.807) is 18.2 Å². The molecule has 0 bridgehead atoms. The SMILES string of the molecule is C=CC(=O)Nc1ccc(-c2c(-c3ccc(C(=O)NC4CC4)c(OC)c3)c3c(N)ncc(C#N)c3n2CC)cc1. The van der Waals surface area contributed by atoms with Crippen LogP contribution in [0.3, 0.4) is 0 Å². The average Bonchev–Trinajstić information content (AvgIpc) is 3.70. The molecule has 5 rings (SSSR count). The van der Waals surface area contributed by atoms with E-state index in [4.69, 9.17) is 10.5 Å². The number of pyridine rings is 1. The number of benzene rings is 2. The number of carbonyl (C=O) groups is 2. The number of hydrogen-bond acceptors (Lipinski definition) is 6. The van der Waals surface area contributed by atoms with E-state index in [1.165, 1.54) is 19.4 Å². The van der Waals surface area contributed by atoms with Crippen molar-refractivity contribution < 1.29 is 14.3 Å². The molecular weight excluding hydrogens is 492 g/mol. The summed E-state index contributed by atoms with van der Waals surface area (Å²) in [7, 11) is 1.53. The maximum absolute atomic E-state index is 12.8. The van der Waals surface area contributed by atoms with Crippen LogP contribution in [0.2, 0.25) is 0 Å². The Hall–Kier alpha value is -5.10. The number of amides is 2. The van der Waals surface area contributed by atoms with Gasteiger partial charge in [-0.2, -0.15) is 5.26 Å². The molecule has 1 aliphatic carbocycles. The lowest BCUT2D eigenvalue weighted by Crippen LogP contribution is -2.25. The van der Waals surface area contributed by atoms with E-state index >= 15 is 0 Å². The molecule has 1 saturated carbocycles. The number of aromatic nitrogens is 2. The van der Waals surface area contributed by atoms with Crippen molar-refractivity contribution in [2.45, 2.75) is 32.4 Å². The van der Waals surface area contributed by atoms with Gasteiger partial charge < -0.3 is 25.7 Å². The number of aryl methyl sites for hydroxylation is 1. The van der Waals surface area contributed by atoms with Crippen LogP contribution in [0.25, 0.3) is 33.3 Å². The Balaban J connectivity index is 1.75. The quantitative estimate of drug-likeness (QED) is 0.284. The standard InChI is InChI=1S/C30H28N6O3/c1-4-24(37)34-20-9-6-17(7-10-20)27-25(26-28(36(27)5-2)19(15-31)16-33-29(26)32)18-8-13-22(23(14-18)39-3)30(38)35-21-11-12-21/h4,6-10,13-14,16,21H,1,5,11-12H2,2-3H3,(H2,32,33)(H,34,37)(H,35,38). The number of nitrogens with one attached hydrogen (secondary N) is 2. The number of ether oxygens (including phenoxy) is 1. The van der Waals surface area contributed by atoms with Crippen molar-refractivity contribution in [2.24, 2.45) is 0 Å². The molecule has 196 valence electrons. The smallest absolute Gasteiger partial charge is 0.255 e. The molecule has 0 atom stereocenters. The van der Waals surface area contributed by atoms with Gasteiger partial charge in [-0.15, -0.1) is 0 Å². The molecule has 0 spiro atoms. The third kappa shape index (κ3) is 4.68. The predicted molar refractivity (Wildman–Crippen MR) is 151 cm³/mol. The van der Waals surface area contributed by atoms with Crippen LogP contribution in [0.5, 0.6) is 5.75 Å². The molecule has 2 aromatic carbocycles. The van der Waals surface area contributed by atoms with Crippen LogP contribution in [0.1, 0.15) is 35.7 Å². The van der Waals surface area contributed by atoms with Crippen LogP contribution in [0.15, 0.2) is 61.3 Å². The number of anilines is 2. The number of rotatable bonds is 8. The van der Waals surface area contributed by atoms with Gasteiger partial charge in [-0.25, -0.2) is 4.98 Å². The van der Waals surface area contributed by atoms with Gasteiger partial charge in [0.05, 0.1) is 34.8 Å². The number of nitrogens with two attached hydrogens (primary N) is 1. The molecule has 0 unspecified atom stereocenters. The van der Waals surface area contributed by atoms with E-state index in [1.807, 2.05) is 35.8 Å². The van der Waals surface area contributed by atoms with Gasteiger partial charge in [0.2, 0.25) is 5.91 Å². The second-order valence-electron chi connectivity index (χ2n) is 9.29. The minimum absolute atomic E-state index is 0.179. The number of hydrogen-bond donors (Lipinski definition) is 3. The second-order valence-corrected chi connectivity index (χ2v) is 9.29. The average molecular weight is 521 g/mol. The fourth-order valence-electron chi connectivity index (χ4n) is 4.82. The Bertz CT molecular complexity index is 1660. The number of nitrogens with zero attached hydrogens (tertiary/aromatic N) is 3. The molecule has 4 N–H and O–H groups in total. The van der Waals surface area contributed by atoms with E-state index in [0.29, 0.717) is 40.0 Å². The van der Waals surface area contributed by atoms with Crippen molar-refractivity contribution in [2.75, 3.05) is 18.2 Å². The highest BCUT2D eigenvalue weighted by Gasteiger charge is 2.27. The fraction of sp³-hybridized carbons (Fsp3) is 0.200. The monoisotopic (exact) mass is 520 g/mol. The number of methoxy groups -OCH3 is 1.